The van der Waals surface area contributed by atoms with Crippen molar-refractivity contribution in [2.45, 2.75) is 19.1 Å². The van der Waals surface area contributed by atoms with Gasteiger partial charge < -0.3 is 24.4 Å². The van der Waals surface area contributed by atoms with Gasteiger partial charge in [-0.2, -0.15) is 0 Å². The molecule has 0 aliphatic carbocycles. The molecule has 0 unspecified atom stereocenters. The maximum absolute atomic E-state index is 13.0. The highest BCUT2D eigenvalue weighted by atomic mass is 19.3. The first-order valence-electron chi connectivity index (χ1n) is 8.63. The Morgan fingerprint density at radius 3 is 2.68 bits per heavy atom. The number of benzene rings is 2. The van der Waals surface area contributed by atoms with Gasteiger partial charge in [-0.1, -0.05) is 12.1 Å². The van der Waals surface area contributed by atoms with Gasteiger partial charge in [0.05, 0.1) is 12.2 Å². The number of ether oxygens (including phenoxy) is 3. The number of nitrogens with zero attached hydrogens (tertiary/aromatic N) is 1. The molecule has 2 aromatic carbocycles. The second-order valence-corrected chi connectivity index (χ2v) is 6.24. The molecule has 7 nitrogen and oxygen atoms in total. The number of fused-ring (bicyclic) bond motifs is 2. The van der Waals surface area contributed by atoms with Gasteiger partial charge in [-0.3, -0.25) is 9.59 Å². The van der Waals surface area contributed by atoms with Crippen molar-refractivity contribution in [1.29, 1.82) is 0 Å². The normalized spacial score (nSPS) is 16.1. The number of amides is 2. The number of carbonyl (C=O) groups is 2. The first-order valence-corrected chi connectivity index (χ1v) is 8.63. The summed E-state index contributed by atoms with van der Waals surface area (Å²) in [4.78, 5) is 26.3. The summed E-state index contributed by atoms with van der Waals surface area (Å²) in [5, 5.41) is 2.56. The Hall–Kier alpha value is -3.36. The van der Waals surface area contributed by atoms with Gasteiger partial charge in [-0.05, 0) is 24.3 Å². The topological polar surface area (TPSA) is 77.1 Å². The number of halogens is 2. The van der Waals surface area contributed by atoms with E-state index in [1.165, 1.54) is 18.2 Å². The van der Waals surface area contributed by atoms with Gasteiger partial charge in [-0.25, -0.2) is 0 Å². The molecule has 2 aliphatic heterocycles. The van der Waals surface area contributed by atoms with Gasteiger partial charge >= 0.3 is 6.29 Å². The molecule has 2 aromatic rings. The molecule has 0 atom stereocenters. The van der Waals surface area contributed by atoms with Crippen molar-refractivity contribution in [3.63, 3.8) is 0 Å². The second kappa shape index (κ2) is 6.99. The Morgan fingerprint density at radius 1 is 1.04 bits per heavy atom. The lowest BCUT2D eigenvalue weighted by atomic mass is 10.2. The Labute approximate surface area is 158 Å². The van der Waals surface area contributed by atoms with Crippen LogP contribution in [0.5, 0.6) is 17.2 Å². The van der Waals surface area contributed by atoms with Crippen molar-refractivity contribution in [1.82, 2.24) is 0 Å². The molecule has 0 spiro atoms. The zero-order valence-electron chi connectivity index (χ0n) is 14.6. The smallest absolute Gasteiger partial charge is 0.490 e. The third kappa shape index (κ3) is 3.68. The molecule has 0 fully saturated rings. The minimum Gasteiger partial charge on any atom is -0.490 e. The van der Waals surface area contributed by atoms with E-state index in [9.17, 15) is 18.4 Å². The van der Waals surface area contributed by atoms with Crippen molar-refractivity contribution in [2.75, 3.05) is 23.4 Å². The summed E-state index contributed by atoms with van der Waals surface area (Å²) in [5.41, 5.74) is 0.949. The zero-order valence-corrected chi connectivity index (χ0v) is 14.6. The molecular formula is C19H16F2N2O5. The van der Waals surface area contributed by atoms with Crippen LogP contribution in [0, 0.1) is 0 Å². The lowest BCUT2D eigenvalue weighted by Crippen LogP contribution is -2.38. The monoisotopic (exact) mass is 390 g/mol. The molecular weight excluding hydrogens is 374 g/mol. The van der Waals surface area contributed by atoms with E-state index in [1.54, 1.807) is 17.0 Å². The number of para-hydroxylation sites is 2. The van der Waals surface area contributed by atoms with Crippen molar-refractivity contribution in [3.05, 3.63) is 42.5 Å². The van der Waals surface area contributed by atoms with E-state index in [2.05, 4.69) is 14.8 Å². The molecule has 1 N–H and O–H groups in total. The lowest BCUT2D eigenvalue weighted by Gasteiger charge is -2.29. The Morgan fingerprint density at radius 2 is 1.82 bits per heavy atom. The molecule has 2 heterocycles. The summed E-state index contributed by atoms with van der Waals surface area (Å²) in [6, 6.07) is 11.1. The molecule has 0 radical (unpaired) electrons. The van der Waals surface area contributed by atoms with Gasteiger partial charge in [0.25, 0.3) is 0 Å². The third-order valence-electron chi connectivity index (χ3n) is 4.28. The molecule has 28 heavy (non-hydrogen) atoms. The minimum atomic E-state index is -3.72. The zero-order chi connectivity index (χ0) is 19.7. The fourth-order valence-corrected chi connectivity index (χ4v) is 3.03. The number of hydrogen-bond acceptors (Lipinski definition) is 5. The number of carbonyl (C=O) groups excluding carboxylic acids is 2. The van der Waals surface area contributed by atoms with Crippen LogP contribution < -0.4 is 24.4 Å². The number of rotatable bonds is 4. The van der Waals surface area contributed by atoms with Gasteiger partial charge in [0.15, 0.2) is 11.5 Å². The molecule has 0 saturated carbocycles. The van der Waals surface area contributed by atoms with Crippen molar-refractivity contribution in [3.8, 4) is 17.2 Å². The summed E-state index contributed by atoms with van der Waals surface area (Å²) in [6.07, 6.45) is -3.77. The van der Waals surface area contributed by atoms with Crippen molar-refractivity contribution < 1.29 is 32.6 Å². The maximum Gasteiger partial charge on any atom is 0.586 e. The van der Waals surface area contributed by atoms with E-state index in [0.29, 0.717) is 24.6 Å². The minimum absolute atomic E-state index is 0.00277. The predicted octanol–water partition coefficient (Wildman–Crippen LogP) is 3.15. The molecule has 0 aromatic heterocycles. The summed E-state index contributed by atoms with van der Waals surface area (Å²) in [5.74, 6) is -0.256. The fourth-order valence-electron chi connectivity index (χ4n) is 3.03. The molecule has 146 valence electrons. The summed E-state index contributed by atoms with van der Waals surface area (Å²) >= 11 is 0. The van der Waals surface area contributed by atoms with Crippen LogP contribution in [-0.4, -0.2) is 31.3 Å². The fraction of sp³-hybridized carbons (Fsp3) is 0.263. The standard InChI is InChI=1S/C19H16F2N2O5/c20-19(21)27-15-6-5-12(11-16(15)28-19)22-17(24)7-8-18(25)23-9-10-26-14-4-2-1-3-13(14)23/h1-6,11H,7-10H2,(H,22,24). The van der Waals surface area contributed by atoms with E-state index < -0.39 is 12.2 Å². The number of hydrogen-bond donors (Lipinski definition) is 1. The summed E-state index contributed by atoms with van der Waals surface area (Å²) in [7, 11) is 0. The van der Waals surface area contributed by atoms with Gasteiger partial charge in [0.2, 0.25) is 11.8 Å². The SMILES string of the molecule is O=C(CCC(=O)N1CCOc2ccccc21)Nc1ccc2c(c1)OC(F)(F)O2. The molecule has 0 bridgehead atoms. The highest BCUT2D eigenvalue weighted by Crippen LogP contribution is 2.42. The van der Waals surface area contributed by atoms with Crippen LogP contribution in [0.15, 0.2) is 42.5 Å². The van der Waals surface area contributed by atoms with E-state index in [-0.39, 0.29) is 35.9 Å². The molecule has 2 amide bonds. The first-order chi connectivity index (χ1) is 13.4. The Kier molecular flexibility index (Phi) is 4.50. The van der Waals surface area contributed by atoms with Crippen molar-refractivity contribution in [2.24, 2.45) is 0 Å². The van der Waals surface area contributed by atoms with Crippen LogP contribution in [-0.2, 0) is 9.59 Å². The molecule has 9 heteroatoms. The van der Waals surface area contributed by atoms with E-state index in [1.807, 2.05) is 12.1 Å². The molecule has 2 aliphatic rings. The lowest BCUT2D eigenvalue weighted by molar-refractivity contribution is -0.286. The average molecular weight is 390 g/mol. The van der Waals surface area contributed by atoms with Crippen LogP contribution in [0.2, 0.25) is 0 Å². The largest absolute Gasteiger partial charge is 0.586 e. The van der Waals surface area contributed by atoms with Gasteiger partial charge in [-0.15, -0.1) is 8.78 Å². The summed E-state index contributed by atoms with van der Waals surface area (Å²) < 4.78 is 40.2. The maximum atomic E-state index is 13.0. The predicted molar refractivity (Wildman–Crippen MR) is 94.8 cm³/mol. The van der Waals surface area contributed by atoms with Crippen LogP contribution in [0.1, 0.15) is 12.8 Å². The van der Waals surface area contributed by atoms with Crippen LogP contribution in [0.4, 0.5) is 20.2 Å². The highest BCUT2D eigenvalue weighted by molar-refractivity contribution is 5.99. The van der Waals surface area contributed by atoms with Gasteiger partial charge in [0, 0.05) is 24.6 Å². The quantitative estimate of drug-likeness (QED) is 0.868. The Bertz CT molecular complexity index is 934. The van der Waals surface area contributed by atoms with Gasteiger partial charge in [0.1, 0.15) is 12.4 Å². The van der Waals surface area contributed by atoms with E-state index >= 15 is 0 Å². The van der Waals surface area contributed by atoms with E-state index in [0.717, 1.165) is 0 Å². The first kappa shape index (κ1) is 18.0. The highest BCUT2D eigenvalue weighted by Gasteiger charge is 2.43. The van der Waals surface area contributed by atoms with E-state index in [4.69, 9.17) is 4.74 Å². The molecule has 0 saturated heterocycles. The Balaban J connectivity index is 1.34. The third-order valence-corrected chi connectivity index (χ3v) is 4.28. The molecule has 4 rings (SSSR count). The second-order valence-electron chi connectivity index (χ2n) is 6.24. The van der Waals surface area contributed by atoms with Crippen molar-refractivity contribution >= 4 is 23.2 Å². The van der Waals surface area contributed by atoms with Crippen LogP contribution >= 0.6 is 0 Å². The number of nitrogens with one attached hydrogen (secondary N) is 1. The van der Waals surface area contributed by atoms with Crippen LogP contribution in [0.25, 0.3) is 0 Å². The average Bonchev–Trinajstić information content (AvgIpc) is 2.98. The number of anilines is 2. The number of alkyl halides is 2. The van der Waals surface area contributed by atoms with Crippen LogP contribution in [0.3, 0.4) is 0 Å². The summed E-state index contributed by atoms with van der Waals surface area (Å²) in [6.45, 7) is 0.796.